The number of halogens is 2. The minimum Gasteiger partial charge on any atom is -0.354 e. The van der Waals surface area contributed by atoms with E-state index in [2.05, 4.69) is 51.7 Å². The smallest absolute Gasteiger partial charge is 0.345 e. The number of anilines is 3. The highest BCUT2D eigenvalue weighted by Crippen LogP contribution is 2.25. The quantitative estimate of drug-likeness (QED) is 0.372. The lowest BCUT2D eigenvalue weighted by Gasteiger charge is -2.20. The maximum Gasteiger partial charge on any atom is 0.345 e. The summed E-state index contributed by atoms with van der Waals surface area (Å²) in [5.74, 6) is 1.23. The van der Waals surface area contributed by atoms with Gasteiger partial charge in [0.1, 0.15) is 0 Å². The van der Waals surface area contributed by atoms with Gasteiger partial charge in [0.2, 0.25) is 11.9 Å². The number of carbonyl (C=O) groups is 1. The maximum atomic E-state index is 11.4. The molecule has 0 aliphatic carbocycles. The molecule has 2 amide bonds. The Labute approximate surface area is 197 Å². The van der Waals surface area contributed by atoms with Crippen molar-refractivity contribution in [3.8, 4) is 0 Å². The number of aromatic nitrogens is 3. The summed E-state index contributed by atoms with van der Waals surface area (Å²) in [4.78, 5) is 28.9. The first-order valence-electron chi connectivity index (χ1n) is 9.35. The van der Waals surface area contributed by atoms with Crippen LogP contribution in [0, 0.1) is 0 Å². The Morgan fingerprint density at radius 2 is 1.81 bits per heavy atom. The fourth-order valence-corrected chi connectivity index (χ4v) is 2.59. The predicted molar refractivity (Wildman–Crippen MR) is 129 cm³/mol. The van der Waals surface area contributed by atoms with Crippen LogP contribution in [0.2, 0.25) is 10.0 Å². The largest absolute Gasteiger partial charge is 0.354 e. The number of nitrogens with one attached hydrogen (secondary N) is 3. The van der Waals surface area contributed by atoms with Crippen LogP contribution in [0.15, 0.2) is 23.4 Å². The summed E-state index contributed by atoms with van der Waals surface area (Å²) in [7, 11) is 2.89. The zero-order valence-electron chi connectivity index (χ0n) is 18.7. The van der Waals surface area contributed by atoms with Crippen LogP contribution >= 0.6 is 35.0 Å². The molecule has 0 spiro atoms. The van der Waals surface area contributed by atoms with E-state index in [1.165, 1.54) is 25.9 Å². The van der Waals surface area contributed by atoms with Crippen molar-refractivity contribution in [2.24, 2.45) is 0 Å². The summed E-state index contributed by atoms with van der Waals surface area (Å²) in [5.41, 5.74) is 0.499. The first-order valence-corrected chi connectivity index (χ1v) is 11.3. The van der Waals surface area contributed by atoms with Crippen molar-refractivity contribution < 1.29 is 9.63 Å². The molecule has 0 atom stereocenters. The van der Waals surface area contributed by atoms with Gasteiger partial charge in [-0.1, -0.05) is 35.0 Å². The van der Waals surface area contributed by atoms with Gasteiger partial charge in [0.25, 0.3) is 0 Å². The number of amides is 2. The van der Waals surface area contributed by atoms with E-state index < -0.39 is 6.03 Å². The van der Waals surface area contributed by atoms with Crippen molar-refractivity contribution in [2.45, 2.75) is 38.4 Å². The Morgan fingerprint density at radius 1 is 1.16 bits per heavy atom. The van der Waals surface area contributed by atoms with Gasteiger partial charge in [-0.25, -0.2) is 9.86 Å². The minimum absolute atomic E-state index is 0.0550. The third-order valence-electron chi connectivity index (χ3n) is 3.35. The third kappa shape index (κ3) is 10.2. The lowest BCUT2D eigenvalue weighted by molar-refractivity contribution is -0.0598. The standard InChI is InChI=1S/C10H19N5S.C9H10Cl2N2O2/c1-6-11-7-12-8(15-10(2,3)4)14-9(13-7)16-5;1-13(15-2)9(14)12-6-3-4-7(10)8(11)5-6/h6H2,1-5H3,(H2,11,12,13,14,15);3-5H,1-2H3,(H,12,14). The highest BCUT2D eigenvalue weighted by molar-refractivity contribution is 7.98. The molecular weight excluding hydrogens is 461 g/mol. The molecule has 1 aromatic heterocycles. The number of hydroxylamine groups is 2. The number of thioether (sulfide) groups is 1. The van der Waals surface area contributed by atoms with E-state index >= 15 is 0 Å². The van der Waals surface area contributed by atoms with Gasteiger partial charge in [0.05, 0.1) is 17.2 Å². The Hall–Kier alpha value is -2.01. The van der Waals surface area contributed by atoms with E-state index in [1.54, 1.807) is 18.2 Å². The van der Waals surface area contributed by atoms with Gasteiger partial charge in [-0.15, -0.1) is 0 Å². The molecule has 0 saturated carbocycles. The Morgan fingerprint density at radius 3 is 2.32 bits per heavy atom. The zero-order chi connectivity index (χ0) is 23.6. The minimum atomic E-state index is -0.393. The van der Waals surface area contributed by atoms with Crippen LogP contribution in [-0.2, 0) is 4.84 Å². The Bertz CT molecular complexity index is 866. The molecule has 172 valence electrons. The molecule has 0 radical (unpaired) electrons. The van der Waals surface area contributed by atoms with Gasteiger partial charge in [-0.05, 0) is 52.1 Å². The molecule has 2 aromatic rings. The van der Waals surface area contributed by atoms with Gasteiger partial charge in [0, 0.05) is 24.8 Å². The molecule has 0 saturated heterocycles. The first-order chi connectivity index (χ1) is 14.5. The summed E-state index contributed by atoms with van der Waals surface area (Å²) in [6.07, 6.45) is 1.95. The van der Waals surface area contributed by atoms with Crippen LogP contribution in [-0.4, -0.2) is 58.5 Å². The molecule has 1 heterocycles. The first kappa shape index (κ1) is 27.0. The number of nitrogens with zero attached hydrogens (tertiary/aromatic N) is 4. The van der Waals surface area contributed by atoms with E-state index in [0.717, 1.165) is 16.8 Å². The second-order valence-electron chi connectivity index (χ2n) is 7.11. The summed E-state index contributed by atoms with van der Waals surface area (Å²) in [6.45, 7) is 9.03. The SMILES string of the molecule is CCNc1nc(NC(C)(C)C)nc(SC)n1.CON(C)C(=O)Nc1ccc(Cl)c(Cl)c1. The Balaban J connectivity index is 0.000000311. The van der Waals surface area contributed by atoms with Crippen LogP contribution in [0.5, 0.6) is 0 Å². The molecule has 0 fully saturated rings. The number of hydrogen-bond acceptors (Lipinski definition) is 8. The topological polar surface area (TPSA) is 104 Å². The zero-order valence-corrected chi connectivity index (χ0v) is 21.0. The summed E-state index contributed by atoms with van der Waals surface area (Å²) >= 11 is 13.0. The van der Waals surface area contributed by atoms with Crippen LogP contribution in [0.25, 0.3) is 0 Å². The van der Waals surface area contributed by atoms with Crippen LogP contribution < -0.4 is 16.0 Å². The van der Waals surface area contributed by atoms with Crippen molar-refractivity contribution >= 4 is 58.6 Å². The molecule has 1 aromatic carbocycles. The van der Waals surface area contributed by atoms with Gasteiger partial charge >= 0.3 is 6.03 Å². The number of hydrogen-bond donors (Lipinski definition) is 3. The van der Waals surface area contributed by atoms with Gasteiger partial charge < -0.3 is 16.0 Å². The molecular formula is C19H29Cl2N7O2S. The third-order valence-corrected chi connectivity index (χ3v) is 4.64. The number of carbonyl (C=O) groups excluding carboxylic acids is 1. The summed E-state index contributed by atoms with van der Waals surface area (Å²) in [5, 5.41) is 11.5. The molecule has 0 unspecified atom stereocenters. The molecule has 0 aliphatic heterocycles. The van der Waals surface area contributed by atoms with Crippen molar-refractivity contribution in [2.75, 3.05) is 42.9 Å². The lowest BCUT2D eigenvalue weighted by Crippen LogP contribution is -2.30. The number of benzene rings is 1. The van der Waals surface area contributed by atoms with Crippen molar-refractivity contribution in [3.05, 3.63) is 28.2 Å². The number of rotatable bonds is 6. The van der Waals surface area contributed by atoms with Crippen molar-refractivity contribution in [3.63, 3.8) is 0 Å². The molecule has 31 heavy (non-hydrogen) atoms. The summed E-state index contributed by atoms with van der Waals surface area (Å²) in [6, 6.07) is 4.42. The van der Waals surface area contributed by atoms with Crippen LogP contribution in [0.4, 0.5) is 22.4 Å². The van der Waals surface area contributed by atoms with Gasteiger partial charge in [0.15, 0.2) is 5.16 Å². The fourth-order valence-electron chi connectivity index (χ4n) is 1.94. The predicted octanol–water partition coefficient (Wildman–Crippen LogP) is 5.25. The normalized spacial score (nSPS) is 10.6. The molecule has 2 rings (SSSR count). The average molecular weight is 490 g/mol. The number of urea groups is 1. The fraction of sp³-hybridized carbons (Fsp3) is 0.474. The van der Waals surface area contributed by atoms with E-state index in [4.69, 9.17) is 28.0 Å². The molecule has 9 nitrogen and oxygen atoms in total. The van der Waals surface area contributed by atoms with Gasteiger partial charge in [-0.3, -0.25) is 4.84 Å². The van der Waals surface area contributed by atoms with E-state index in [-0.39, 0.29) is 5.54 Å². The molecule has 0 aliphatic rings. The van der Waals surface area contributed by atoms with Crippen LogP contribution in [0.3, 0.4) is 0 Å². The van der Waals surface area contributed by atoms with E-state index in [1.807, 2.05) is 13.2 Å². The maximum absolute atomic E-state index is 11.4. The van der Waals surface area contributed by atoms with Crippen LogP contribution in [0.1, 0.15) is 27.7 Å². The van der Waals surface area contributed by atoms with Gasteiger partial charge in [-0.2, -0.15) is 15.0 Å². The monoisotopic (exact) mass is 489 g/mol. The summed E-state index contributed by atoms with van der Waals surface area (Å²) < 4.78 is 0. The Kier molecular flexibility index (Phi) is 11.1. The highest BCUT2D eigenvalue weighted by atomic mass is 35.5. The lowest BCUT2D eigenvalue weighted by atomic mass is 10.1. The molecule has 0 bridgehead atoms. The van der Waals surface area contributed by atoms with E-state index in [9.17, 15) is 4.79 Å². The van der Waals surface area contributed by atoms with Crippen molar-refractivity contribution in [1.82, 2.24) is 20.0 Å². The van der Waals surface area contributed by atoms with E-state index in [0.29, 0.717) is 27.6 Å². The molecule has 3 N–H and O–H groups in total. The highest BCUT2D eigenvalue weighted by Gasteiger charge is 2.13. The average Bonchev–Trinajstić information content (AvgIpc) is 2.69. The second-order valence-corrected chi connectivity index (χ2v) is 8.70. The van der Waals surface area contributed by atoms with Crippen molar-refractivity contribution in [1.29, 1.82) is 0 Å². The molecule has 12 heteroatoms. The second kappa shape index (κ2) is 12.7.